The van der Waals surface area contributed by atoms with Gasteiger partial charge in [-0.2, -0.15) is 0 Å². The molecule has 1 heterocycles. The first-order valence-electron chi connectivity index (χ1n) is 5.80. The van der Waals surface area contributed by atoms with Crippen molar-refractivity contribution >= 4 is 10.9 Å². The molecule has 1 N–H and O–H groups in total. The molecule has 2 aromatic rings. The molecular formula is C14H21N. The lowest BCUT2D eigenvalue weighted by atomic mass is 9.98. The number of rotatable bonds is 1. The SMILES string of the molecule is CC.CCc1c(C)c(C)cc2[nH]ccc12. The van der Waals surface area contributed by atoms with Gasteiger partial charge in [-0.25, -0.2) is 0 Å². The highest BCUT2D eigenvalue weighted by atomic mass is 14.7. The molecule has 82 valence electrons. The van der Waals surface area contributed by atoms with Gasteiger partial charge < -0.3 is 4.98 Å². The number of aryl methyl sites for hydroxylation is 2. The number of hydrogen-bond acceptors (Lipinski definition) is 0. The highest BCUT2D eigenvalue weighted by molar-refractivity contribution is 5.85. The van der Waals surface area contributed by atoms with Crippen LogP contribution in [0.25, 0.3) is 10.9 Å². The fourth-order valence-electron chi connectivity index (χ4n) is 1.99. The molecule has 1 nitrogen and oxygen atoms in total. The third-order valence-electron chi connectivity index (χ3n) is 2.86. The Labute approximate surface area is 92.5 Å². The van der Waals surface area contributed by atoms with Gasteiger partial charge >= 0.3 is 0 Å². The number of nitrogens with one attached hydrogen (secondary N) is 1. The molecule has 0 spiro atoms. The van der Waals surface area contributed by atoms with Crippen LogP contribution in [0.15, 0.2) is 18.3 Å². The summed E-state index contributed by atoms with van der Waals surface area (Å²) in [6.07, 6.45) is 3.13. The van der Waals surface area contributed by atoms with Gasteiger partial charge in [-0.05, 0) is 49.1 Å². The van der Waals surface area contributed by atoms with E-state index in [1.165, 1.54) is 27.6 Å². The van der Waals surface area contributed by atoms with Crippen molar-refractivity contribution in [3.63, 3.8) is 0 Å². The molecule has 0 aliphatic heterocycles. The molecule has 0 saturated carbocycles. The summed E-state index contributed by atoms with van der Waals surface area (Å²) in [5.74, 6) is 0. The molecule has 1 aromatic carbocycles. The molecule has 2 rings (SSSR count). The topological polar surface area (TPSA) is 15.8 Å². The van der Waals surface area contributed by atoms with Crippen LogP contribution in [0.2, 0.25) is 0 Å². The molecule has 0 unspecified atom stereocenters. The van der Waals surface area contributed by atoms with Crippen molar-refractivity contribution in [2.45, 2.75) is 41.0 Å². The Balaban J connectivity index is 0.000000531. The summed E-state index contributed by atoms with van der Waals surface area (Å²) in [6, 6.07) is 4.39. The lowest BCUT2D eigenvalue weighted by Crippen LogP contribution is -1.91. The largest absolute Gasteiger partial charge is 0.361 e. The molecule has 0 radical (unpaired) electrons. The minimum Gasteiger partial charge on any atom is -0.361 e. The third kappa shape index (κ3) is 2.06. The number of aromatic amines is 1. The minimum atomic E-state index is 1.11. The van der Waals surface area contributed by atoms with E-state index in [2.05, 4.69) is 37.9 Å². The Morgan fingerprint density at radius 3 is 2.47 bits per heavy atom. The van der Waals surface area contributed by atoms with Gasteiger partial charge in [0.05, 0.1) is 0 Å². The molecule has 0 aliphatic carbocycles. The van der Waals surface area contributed by atoms with E-state index in [4.69, 9.17) is 0 Å². The first kappa shape index (κ1) is 11.8. The summed E-state index contributed by atoms with van der Waals surface area (Å²) >= 11 is 0. The molecule has 0 amide bonds. The van der Waals surface area contributed by atoms with Crippen LogP contribution in [0.1, 0.15) is 37.5 Å². The van der Waals surface area contributed by atoms with Gasteiger partial charge in [-0.1, -0.05) is 20.8 Å². The second-order valence-corrected chi connectivity index (χ2v) is 3.59. The number of H-pyrrole nitrogens is 1. The zero-order valence-corrected chi connectivity index (χ0v) is 10.4. The van der Waals surface area contributed by atoms with E-state index in [0.717, 1.165) is 6.42 Å². The lowest BCUT2D eigenvalue weighted by molar-refractivity contribution is 1.12. The van der Waals surface area contributed by atoms with Crippen molar-refractivity contribution < 1.29 is 0 Å². The van der Waals surface area contributed by atoms with Crippen molar-refractivity contribution in [1.82, 2.24) is 4.98 Å². The second-order valence-electron chi connectivity index (χ2n) is 3.59. The van der Waals surface area contributed by atoms with Gasteiger partial charge in [0.25, 0.3) is 0 Å². The maximum absolute atomic E-state index is 3.26. The average Bonchev–Trinajstić information content (AvgIpc) is 2.70. The summed E-state index contributed by atoms with van der Waals surface area (Å²) in [4.78, 5) is 3.26. The number of aromatic nitrogens is 1. The Bertz CT molecular complexity index is 438. The lowest BCUT2D eigenvalue weighted by Gasteiger charge is -2.08. The van der Waals surface area contributed by atoms with Gasteiger partial charge in [0, 0.05) is 17.1 Å². The molecule has 0 fully saturated rings. The van der Waals surface area contributed by atoms with E-state index in [0.29, 0.717) is 0 Å². The van der Waals surface area contributed by atoms with Crippen LogP contribution < -0.4 is 0 Å². The fourth-order valence-corrected chi connectivity index (χ4v) is 1.99. The van der Waals surface area contributed by atoms with Crippen molar-refractivity contribution in [3.8, 4) is 0 Å². The predicted octanol–water partition coefficient (Wildman–Crippen LogP) is 4.37. The Hall–Kier alpha value is -1.24. The fraction of sp³-hybridized carbons (Fsp3) is 0.429. The molecule has 0 atom stereocenters. The van der Waals surface area contributed by atoms with Crippen molar-refractivity contribution in [2.24, 2.45) is 0 Å². The van der Waals surface area contributed by atoms with Crippen LogP contribution in [0.4, 0.5) is 0 Å². The van der Waals surface area contributed by atoms with E-state index in [9.17, 15) is 0 Å². The van der Waals surface area contributed by atoms with E-state index >= 15 is 0 Å². The van der Waals surface area contributed by atoms with Gasteiger partial charge in [0.2, 0.25) is 0 Å². The van der Waals surface area contributed by atoms with Gasteiger partial charge in [-0.3, -0.25) is 0 Å². The Morgan fingerprint density at radius 2 is 1.87 bits per heavy atom. The molecule has 0 saturated heterocycles. The smallest absolute Gasteiger partial charge is 0.0459 e. The zero-order chi connectivity index (χ0) is 11.4. The predicted molar refractivity (Wildman–Crippen MR) is 68.5 cm³/mol. The number of fused-ring (bicyclic) bond motifs is 1. The highest BCUT2D eigenvalue weighted by Gasteiger charge is 2.05. The van der Waals surface area contributed by atoms with Gasteiger partial charge in [0.15, 0.2) is 0 Å². The van der Waals surface area contributed by atoms with Gasteiger partial charge in [0.1, 0.15) is 0 Å². The summed E-state index contributed by atoms with van der Waals surface area (Å²) in [5, 5.41) is 1.38. The summed E-state index contributed by atoms with van der Waals surface area (Å²) in [5.41, 5.74) is 5.57. The van der Waals surface area contributed by atoms with Crippen LogP contribution >= 0.6 is 0 Å². The van der Waals surface area contributed by atoms with E-state index < -0.39 is 0 Å². The number of benzene rings is 1. The maximum Gasteiger partial charge on any atom is 0.0459 e. The van der Waals surface area contributed by atoms with E-state index in [1.807, 2.05) is 20.0 Å². The van der Waals surface area contributed by atoms with Crippen LogP contribution in [0, 0.1) is 13.8 Å². The first-order chi connectivity index (χ1) is 7.24. The molecule has 15 heavy (non-hydrogen) atoms. The average molecular weight is 203 g/mol. The molecule has 0 bridgehead atoms. The van der Waals surface area contributed by atoms with Crippen LogP contribution in [-0.2, 0) is 6.42 Å². The highest BCUT2D eigenvalue weighted by Crippen LogP contribution is 2.24. The standard InChI is InChI=1S/C12H15N.C2H6/c1-4-10-9(3)8(2)7-12-11(10)5-6-13-12;1-2/h5-7,13H,4H2,1-3H3;1-2H3. The molecule has 1 aromatic heterocycles. The first-order valence-corrected chi connectivity index (χ1v) is 5.80. The van der Waals surface area contributed by atoms with Crippen molar-refractivity contribution in [2.75, 3.05) is 0 Å². The zero-order valence-electron chi connectivity index (χ0n) is 10.4. The van der Waals surface area contributed by atoms with Crippen LogP contribution in [0.5, 0.6) is 0 Å². The maximum atomic E-state index is 3.26. The minimum absolute atomic E-state index is 1.11. The molecule has 0 aliphatic rings. The van der Waals surface area contributed by atoms with Gasteiger partial charge in [-0.15, -0.1) is 0 Å². The number of hydrogen-bond donors (Lipinski definition) is 1. The summed E-state index contributed by atoms with van der Waals surface area (Å²) in [7, 11) is 0. The summed E-state index contributed by atoms with van der Waals surface area (Å²) < 4.78 is 0. The van der Waals surface area contributed by atoms with Crippen molar-refractivity contribution in [1.29, 1.82) is 0 Å². The van der Waals surface area contributed by atoms with E-state index in [1.54, 1.807) is 0 Å². The Morgan fingerprint density at radius 1 is 1.20 bits per heavy atom. The van der Waals surface area contributed by atoms with Crippen LogP contribution in [0.3, 0.4) is 0 Å². The normalized spacial score (nSPS) is 9.93. The van der Waals surface area contributed by atoms with Crippen LogP contribution in [-0.4, -0.2) is 4.98 Å². The quantitative estimate of drug-likeness (QED) is 0.708. The molecule has 1 heteroatoms. The third-order valence-corrected chi connectivity index (χ3v) is 2.86. The molecular weight excluding hydrogens is 182 g/mol. The summed E-state index contributed by atoms with van der Waals surface area (Å²) in [6.45, 7) is 10.6. The van der Waals surface area contributed by atoms with Crippen molar-refractivity contribution in [3.05, 3.63) is 35.0 Å². The Kier molecular flexibility index (Phi) is 3.96. The van der Waals surface area contributed by atoms with E-state index in [-0.39, 0.29) is 0 Å². The second kappa shape index (κ2) is 5.01. The monoisotopic (exact) mass is 203 g/mol.